The lowest BCUT2D eigenvalue weighted by molar-refractivity contribution is -0.133. The molecule has 1 aromatic carbocycles. The fourth-order valence-electron chi connectivity index (χ4n) is 2.18. The van der Waals surface area contributed by atoms with Gasteiger partial charge in [-0.3, -0.25) is 4.79 Å². The maximum Gasteiger partial charge on any atom is 0.260 e. The highest BCUT2D eigenvalue weighted by Gasteiger charge is 2.29. The lowest BCUT2D eigenvalue weighted by atomic mass is 9.82. The number of carbonyl (C=O) groups excluding carboxylic acids is 1. The molecule has 1 amide bonds. The minimum atomic E-state index is -0.365. The van der Waals surface area contributed by atoms with Crippen molar-refractivity contribution in [3.05, 3.63) is 28.5 Å². The van der Waals surface area contributed by atoms with Crippen molar-refractivity contribution >= 4 is 21.8 Å². The van der Waals surface area contributed by atoms with Crippen LogP contribution in [0.3, 0.4) is 0 Å². The standard InChI is InChI=1S/C14H17BrFNO3/c1-17(7-9-4-11(18)5-9)14(19)8-20-13-3-2-10(16)6-12(13)15/h2-3,6,9,11,18H,4-5,7-8H2,1H3. The van der Waals surface area contributed by atoms with E-state index < -0.39 is 0 Å². The maximum absolute atomic E-state index is 12.9. The van der Waals surface area contributed by atoms with Crippen LogP contribution in [0.2, 0.25) is 0 Å². The highest BCUT2D eigenvalue weighted by Crippen LogP contribution is 2.28. The Balaban J connectivity index is 1.79. The molecule has 0 heterocycles. The van der Waals surface area contributed by atoms with Crippen molar-refractivity contribution in [2.24, 2.45) is 5.92 Å². The normalized spacial score (nSPS) is 21.2. The van der Waals surface area contributed by atoms with E-state index in [9.17, 15) is 14.3 Å². The quantitative estimate of drug-likeness (QED) is 0.889. The summed E-state index contributed by atoms with van der Waals surface area (Å²) in [5.74, 6) is 0.308. The summed E-state index contributed by atoms with van der Waals surface area (Å²) < 4.78 is 18.8. The van der Waals surface area contributed by atoms with Gasteiger partial charge in [0.2, 0.25) is 0 Å². The molecule has 4 nitrogen and oxygen atoms in total. The number of carbonyl (C=O) groups is 1. The first-order valence-electron chi connectivity index (χ1n) is 6.45. The Kier molecular flexibility index (Phi) is 4.99. The van der Waals surface area contributed by atoms with E-state index in [1.807, 2.05) is 0 Å². The monoisotopic (exact) mass is 345 g/mol. The van der Waals surface area contributed by atoms with E-state index in [0.717, 1.165) is 12.8 Å². The molecule has 0 atom stereocenters. The van der Waals surface area contributed by atoms with Crippen LogP contribution in [0.1, 0.15) is 12.8 Å². The predicted molar refractivity (Wildman–Crippen MR) is 76.0 cm³/mol. The Bertz CT molecular complexity index is 491. The van der Waals surface area contributed by atoms with Gasteiger partial charge in [0.15, 0.2) is 6.61 Å². The molecule has 0 radical (unpaired) electrons. The number of rotatable bonds is 5. The zero-order chi connectivity index (χ0) is 14.7. The summed E-state index contributed by atoms with van der Waals surface area (Å²) in [6, 6.07) is 4.05. The van der Waals surface area contributed by atoms with Crippen molar-refractivity contribution in [1.29, 1.82) is 0 Å². The van der Waals surface area contributed by atoms with Gasteiger partial charge in [0, 0.05) is 13.6 Å². The molecule has 6 heteroatoms. The zero-order valence-electron chi connectivity index (χ0n) is 11.2. The Labute approximate surface area is 125 Å². The highest BCUT2D eigenvalue weighted by molar-refractivity contribution is 9.10. The van der Waals surface area contributed by atoms with Crippen LogP contribution in [0.5, 0.6) is 5.75 Å². The molecule has 0 unspecified atom stereocenters. The second kappa shape index (κ2) is 6.54. The summed E-state index contributed by atoms with van der Waals surface area (Å²) in [6.45, 7) is 0.542. The minimum absolute atomic E-state index is 0.0873. The van der Waals surface area contributed by atoms with Crippen molar-refractivity contribution in [3.8, 4) is 5.75 Å². The minimum Gasteiger partial charge on any atom is -0.483 e. The Morgan fingerprint density at radius 2 is 2.25 bits per heavy atom. The number of hydrogen-bond acceptors (Lipinski definition) is 3. The van der Waals surface area contributed by atoms with Gasteiger partial charge in [0.1, 0.15) is 11.6 Å². The molecule has 0 aliphatic heterocycles. The number of hydrogen-bond donors (Lipinski definition) is 1. The lowest BCUT2D eigenvalue weighted by Gasteiger charge is -2.34. The number of likely N-dealkylation sites (N-methyl/N-ethyl adjacent to an activating group) is 1. The Hall–Kier alpha value is -1.14. The van der Waals surface area contributed by atoms with Crippen molar-refractivity contribution in [1.82, 2.24) is 4.90 Å². The van der Waals surface area contributed by atoms with Crippen molar-refractivity contribution in [3.63, 3.8) is 0 Å². The number of aliphatic hydroxyl groups excluding tert-OH is 1. The van der Waals surface area contributed by atoms with Gasteiger partial charge in [-0.05, 0) is 52.9 Å². The van der Waals surface area contributed by atoms with Crippen LogP contribution in [-0.2, 0) is 4.79 Å². The third-order valence-electron chi connectivity index (χ3n) is 3.41. The average Bonchev–Trinajstić information content (AvgIpc) is 2.35. The molecular formula is C14H17BrFNO3. The molecule has 0 bridgehead atoms. The number of aliphatic hydroxyl groups is 1. The topological polar surface area (TPSA) is 49.8 Å². The van der Waals surface area contributed by atoms with E-state index in [1.54, 1.807) is 11.9 Å². The Morgan fingerprint density at radius 3 is 2.85 bits per heavy atom. The smallest absolute Gasteiger partial charge is 0.260 e. The van der Waals surface area contributed by atoms with E-state index in [0.29, 0.717) is 22.7 Å². The average molecular weight is 346 g/mol. The van der Waals surface area contributed by atoms with Gasteiger partial charge in [0.25, 0.3) is 5.91 Å². The molecule has 1 aliphatic carbocycles. The van der Waals surface area contributed by atoms with Gasteiger partial charge in [-0.15, -0.1) is 0 Å². The number of amides is 1. The van der Waals surface area contributed by atoms with E-state index in [-0.39, 0.29) is 24.4 Å². The second-order valence-electron chi connectivity index (χ2n) is 5.13. The van der Waals surface area contributed by atoms with Crippen molar-refractivity contribution < 1.29 is 19.0 Å². The van der Waals surface area contributed by atoms with E-state index in [2.05, 4.69) is 15.9 Å². The maximum atomic E-state index is 12.9. The third-order valence-corrected chi connectivity index (χ3v) is 4.03. The van der Waals surface area contributed by atoms with E-state index >= 15 is 0 Å². The molecule has 2 rings (SSSR count). The molecule has 0 spiro atoms. The second-order valence-corrected chi connectivity index (χ2v) is 5.98. The molecule has 20 heavy (non-hydrogen) atoms. The first-order chi connectivity index (χ1) is 9.45. The number of benzene rings is 1. The van der Waals surface area contributed by atoms with Crippen LogP contribution in [-0.4, -0.2) is 42.2 Å². The zero-order valence-corrected chi connectivity index (χ0v) is 12.8. The van der Waals surface area contributed by atoms with Crippen molar-refractivity contribution in [2.75, 3.05) is 20.2 Å². The largest absolute Gasteiger partial charge is 0.483 e. The summed E-state index contributed by atoms with van der Waals surface area (Å²) in [5, 5.41) is 9.21. The van der Waals surface area contributed by atoms with Crippen LogP contribution in [0.15, 0.2) is 22.7 Å². The fraction of sp³-hybridized carbons (Fsp3) is 0.500. The molecule has 1 fully saturated rings. The number of nitrogens with zero attached hydrogens (tertiary/aromatic N) is 1. The van der Waals surface area contributed by atoms with Crippen LogP contribution in [0.4, 0.5) is 4.39 Å². The van der Waals surface area contributed by atoms with Gasteiger partial charge >= 0.3 is 0 Å². The SMILES string of the molecule is CN(CC1CC(O)C1)C(=O)COc1ccc(F)cc1Br. The number of halogens is 2. The molecular weight excluding hydrogens is 329 g/mol. The first kappa shape index (κ1) is 15.3. The summed E-state index contributed by atoms with van der Waals surface area (Å²) in [4.78, 5) is 13.5. The van der Waals surface area contributed by atoms with Gasteiger partial charge in [0.05, 0.1) is 10.6 Å². The first-order valence-corrected chi connectivity index (χ1v) is 7.25. The molecule has 1 saturated carbocycles. The molecule has 1 aliphatic rings. The van der Waals surface area contributed by atoms with Gasteiger partial charge in [-0.1, -0.05) is 0 Å². The third kappa shape index (κ3) is 3.93. The van der Waals surface area contributed by atoms with Gasteiger partial charge in [-0.25, -0.2) is 4.39 Å². The van der Waals surface area contributed by atoms with E-state index in [4.69, 9.17) is 4.74 Å². The summed E-state index contributed by atoms with van der Waals surface area (Å²) >= 11 is 3.18. The fourth-order valence-corrected chi connectivity index (χ4v) is 2.65. The van der Waals surface area contributed by atoms with Gasteiger partial charge in [-0.2, -0.15) is 0 Å². The van der Waals surface area contributed by atoms with Gasteiger partial charge < -0.3 is 14.7 Å². The van der Waals surface area contributed by atoms with Crippen LogP contribution in [0.25, 0.3) is 0 Å². The van der Waals surface area contributed by atoms with Crippen LogP contribution in [0, 0.1) is 11.7 Å². The Morgan fingerprint density at radius 1 is 1.55 bits per heavy atom. The summed E-state index contributed by atoms with van der Waals surface area (Å²) in [6.07, 6.45) is 1.29. The van der Waals surface area contributed by atoms with E-state index in [1.165, 1.54) is 18.2 Å². The lowest BCUT2D eigenvalue weighted by Crippen LogP contribution is -2.41. The highest BCUT2D eigenvalue weighted by atomic mass is 79.9. The molecule has 0 aromatic heterocycles. The predicted octanol–water partition coefficient (Wildman–Crippen LogP) is 2.20. The summed E-state index contributed by atoms with van der Waals surface area (Å²) in [7, 11) is 1.72. The van der Waals surface area contributed by atoms with Crippen LogP contribution < -0.4 is 4.74 Å². The van der Waals surface area contributed by atoms with Crippen LogP contribution >= 0.6 is 15.9 Å². The van der Waals surface area contributed by atoms with Crippen molar-refractivity contribution in [2.45, 2.75) is 18.9 Å². The molecule has 0 saturated heterocycles. The molecule has 1 aromatic rings. The molecule has 1 N–H and O–H groups in total. The molecule has 110 valence electrons. The summed E-state index contributed by atoms with van der Waals surface area (Å²) in [5.41, 5.74) is 0. The number of ether oxygens (including phenoxy) is 1.